The van der Waals surface area contributed by atoms with E-state index in [2.05, 4.69) is 5.48 Å². The SMILES string of the molecule is COCCONC(=O)CN1CCCC1=O. The first-order chi connectivity index (χ1) is 7.24. The second kappa shape index (κ2) is 6.36. The predicted molar refractivity (Wildman–Crippen MR) is 51.8 cm³/mol. The first kappa shape index (κ1) is 11.9. The Labute approximate surface area is 88.5 Å². The third-order valence-corrected chi connectivity index (χ3v) is 2.08. The lowest BCUT2D eigenvalue weighted by molar-refractivity contribution is -0.140. The number of methoxy groups -OCH3 is 1. The highest BCUT2D eigenvalue weighted by Crippen LogP contribution is 2.08. The van der Waals surface area contributed by atoms with Crippen LogP contribution in [0.2, 0.25) is 0 Å². The fourth-order valence-corrected chi connectivity index (χ4v) is 1.33. The number of likely N-dealkylation sites (tertiary alicyclic amines) is 1. The van der Waals surface area contributed by atoms with E-state index in [0.29, 0.717) is 26.2 Å². The maximum Gasteiger partial charge on any atom is 0.263 e. The maximum atomic E-state index is 11.2. The number of amides is 2. The molecular weight excluding hydrogens is 200 g/mol. The van der Waals surface area contributed by atoms with Crippen LogP contribution in [-0.4, -0.2) is 50.1 Å². The Hall–Kier alpha value is -1.14. The number of ether oxygens (including phenoxy) is 1. The zero-order valence-corrected chi connectivity index (χ0v) is 8.82. The van der Waals surface area contributed by atoms with Crippen LogP contribution in [0.1, 0.15) is 12.8 Å². The minimum absolute atomic E-state index is 0.0297. The molecule has 6 nitrogen and oxygen atoms in total. The van der Waals surface area contributed by atoms with E-state index in [1.54, 1.807) is 7.11 Å². The highest BCUT2D eigenvalue weighted by atomic mass is 16.7. The average molecular weight is 216 g/mol. The zero-order chi connectivity index (χ0) is 11.1. The summed E-state index contributed by atoms with van der Waals surface area (Å²) in [4.78, 5) is 28.7. The standard InChI is InChI=1S/C9H16N2O4/c1-14-5-6-15-10-8(12)7-11-4-2-3-9(11)13/h2-7H2,1H3,(H,10,12). The van der Waals surface area contributed by atoms with Crippen molar-refractivity contribution in [3.63, 3.8) is 0 Å². The van der Waals surface area contributed by atoms with Crippen molar-refractivity contribution in [2.75, 3.05) is 33.4 Å². The number of hydrogen-bond acceptors (Lipinski definition) is 4. The van der Waals surface area contributed by atoms with E-state index in [1.165, 1.54) is 4.90 Å². The highest BCUT2D eigenvalue weighted by Gasteiger charge is 2.22. The van der Waals surface area contributed by atoms with E-state index in [1.807, 2.05) is 0 Å². The second-order valence-corrected chi connectivity index (χ2v) is 3.29. The van der Waals surface area contributed by atoms with Gasteiger partial charge in [-0.2, -0.15) is 0 Å². The van der Waals surface area contributed by atoms with Crippen molar-refractivity contribution in [2.45, 2.75) is 12.8 Å². The lowest BCUT2D eigenvalue weighted by Crippen LogP contribution is -2.38. The molecule has 86 valence electrons. The van der Waals surface area contributed by atoms with E-state index in [9.17, 15) is 9.59 Å². The number of rotatable bonds is 6. The molecular formula is C9H16N2O4. The van der Waals surface area contributed by atoms with E-state index in [-0.39, 0.29) is 18.4 Å². The third-order valence-electron chi connectivity index (χ3n) is 2.08. The minimum Gasteiger partial charge on any atom is -0.382 e. The van der Waals surface area contributed by atoms with Gasteiger partial charge in [-0.1, -0.05) is 0 Å². The van der Waals surface area contributed by atoms with Gasteiger partial charge in [0, 0.05) is 20.1 Å². The average Bonchev–Trinajstić information content (AvgIpc) is 2.59. The second-order valence-electron chi connectivity index (χ2n) is 3.29. The van der Waals surface area contributed by atoms with Crippen molar-refractivity contribution < 1.29 is 19.2 Å². The van der Waals surface area contributed by atoms with Crippen LogP contribution in [0.4, 0.5) is 0 Å². The molecule has 0 aliphatic carbocycles. The molecule has 1 aliphatic heterocycles. The molecule has 0 atom stereocenters. The van der Waals surface area contributed by atoms with Gasteiger partial charge in [0.1, 0.15) is 6.54 Å². The highest BCUT2D eigenvalue weighted by molar-refractivity contribution is 5.85. The van der Waals surface area contributed by atoms with Gasteiger partial charge in [0.15, 0.2) is 0 Å². The number of hydroxylamine groups is 1. The summed E-state index contributed by atoms with van der Waals surface area (Å²) in [7, 11) is 1.55. The summed E-state index contributed by atoms with van der Waals surface area (Å²) in [6.45, 7) is 1.45. The van der Waals surface area contributed by atoms with E-state index >= 15 is 0 Å². The van der Waals surface area contributed by atoms with Crippen molar-refractivity contribution >= 4 is 11.8 Å². The van der Waals surface area contributed by atoms with Crippen LogP contribution in [0.3, 0.4) is 0 Å². The molecule has 1 fully saturated rings. The molecule has 1 N–H and O–H groups in total. The first-order valence-electron chi connectivity index (χ1n) is 4.91. The predicted octanol–water partition coefficient (Wildman–Crippen LogP) is -0.697. The summed E-state index contributed by atoms with van der Waals surface area (Å²) in [5, 5.41) is 0. The van der Waals surface area contributed by atoms with Crippen LogP contribution in [0, 0.1) is 0 Å². The first-order valence-corrected chi connectivity index (χ1v) is 4.91. The van der Waals surface area contributed by atoms with Gasteiger partial charge in [-0.05, 0) is 6.42 Å². The number of carbonyl (C=O) groups is 2. The molecule has 0 saturated carbocycles. The summed E-state index contributed by atoms with van der Waals surface area (Å²) in [6.07, 6.45) is 1.37. The van der Waals surface area contributed by atoms with Crippen LogP contribution >= 0.6 is 0 Å². The van der Waals surface area contributed by atoms with Gasteiger partial charge < -0.3 is 9.64 Å². The largest absolute Gasteiger partial charge is 0.382 e. The van der Waals surface area contributed by atoms with Gasteiger partial charge in [0.05, 0.1) is 13.2 Å². The van der Waals surface area contributed by atoms with Gasteiger partial charge in [0.25, 0.3) is 5.91 Å². The normalized spacial score (nSPS) is 15.8. The van der Waals surface area contributed by atoms with Gasteiger partial charge in [-0.15, -0.1) is 0 Å². The Morgan fingerprint density at radius 2 is 2.33 bits per heavy atom. The molecule has 15 heavy (non-hydrogen) atoms. The molecule has 1 rings (SSSR count). The Morgan fingerprint density at radius 3 is 2.93 bits per heavy atom. The molecule has 1 saturated heterocycles. The van der Waals surface area contributed by atoms with Crippen LogP contribution in [-0.2, 0) is 19.2 Å². The molecule has 0 spiro atoms. The van der Waals surface area contributed by atoms with Crippen molar-refractivity contribution in [1.82, 2.24) is 10.4 Å². The number of nitrogens with zero attached hydrogens (tertiary/aromatic N) is 1. The molecule has 6 heteroatoms. The van der Waals surface area contributed by atoms with Gasteiger partial charge in [-0.25, -0.2) is 5.48 Å². The Balaban J connectivity index is 2.10. The summed E-state index contributed by atoms with van der Waals surface area (Å²) in [6, 6.07) is 0. The van der Waals surface area contributed by atoms with Crippen LogP contribution in [0.25, 0.3) is 0 Å². The molecule has 0 aromatic heterocycles. The number of carbonyl (C=O) groups excluding carboxylic acids is 2. The van der Waals surface area contributed by atoms with Gasteiger partial charge in [-0.3, -0.25) is 14.4 Å². The lowest BCUT2D eigenvalue weighted by Gasteiger charge is -2.14. The zero-order valence-electron chi connectivity index (χ0n) is 8.82. The topological polar surface area (TPSA) is 67.9 Å². The quantitative estimate of drug-likeness (QED) is 0.471. The summed E-state index contributed by atoms with van der Waals surface area (Å²) < 4.78 is 4.73. The van der Waals surface area contributed by atoms with Gasteiger partial charge in [0.2, 0.25) is 5.91 Å². The molecule has 0 aromatic carbocycles. The van der Waals surface area contributed by atoms with Crippen LogP contribution in [0.5, 0.6) is 0 Å². The van der Waals surface area contributed by atoms with Crippen molar-refractivity contribution in [1.29, 1.82) is 0 Å². The summed E-state index contributed by atoms with van der Waals surface area (Å²) in [5.41, 5.74) is 2.25. The molecule has 1 aliphatic rings. The van der Waals surface area contributed by atoms with Crippen molar-refractivity contribution in [2.24, 2.45) is 0 Å². The molecule has 0 aromatic rings. The van der Waals surface area contributed by atoms with Gasteiger partial charge >= 0.3 is 0 Å². The minimum atomic E-state index is -0.304. The number of nitrogens with one attached hydrogen (secondary N) is 1. The maximum absolute atomic E-state index is 11.2. The fourth-order valence-electron chi connectivity index (χ4n) is 1.33. The van der Waals surface area contributed by atoms with Crippen molar-refractivity contribution in [3.8, 4) is 0 Å². The van der Waals surface area contributed by atoms with Crippen LogP contribution < -0.4 is 5.48 Å². The Kier molecular flexibility index (Phi) is 5.06. The molecule has 0 unspecified atom stereocenters. The number of hydrogen-bond donors (Lipinski definition) is 1. The lowest BCUT2D eigenvalue weighted by atomic mass is 10.4. The van der Waals surface area contributed by atoms with E-state index in [4.69, 9.17) is 9.57 Å². The Morgan fingerprint density at radius 1 is 1.53 bits per heavy atom. The van der Waals surface area contributed by atoms with Crippen molar-refractivity contribution in [3.05, 3.63) is 0 Å². The molecule has 1 heterocycles. The fraction of sp³-hybridized carbons (Fsp3) is 0.778. The monoisotopic (exact) mass is 216 g/mol. The summed E-state index contributed by atoms with van der Waals surface area (Å²) >= 11 is 0. The molecule has 0 bridgehead atoms. The smallest absolute Gasteiger partial charge is 0.263 e. The van der Waals surface area contributed by atoms with E-state index < -0.39 is 0 Å². The Bertz CT molecular complexity index is 232. The third kappa shape index (κ3) is 4.26. The molecule has 0 radical (unpaired) electrons. The molecule has 2 amide bonds. The van der Waals surface area contributed by atoms with Crippen LogP contribution in [0.15, 0.2) is 0 Å². The van der Waals surface area contributed by atoms with E-state index in [0.717, 1.165) is 6.42 Å². The summed E-state index contributed by atoms with van der Waals surface area (Å²) in [5.74, 6) is -0.275.